The van der Waals surface area contributed by atoms with Gasteiger partial charge in [0.2, 0.25) is 59.1 Å². The van der Waals surface area contributed by atoms with Crippen LogP contribution >= 0.6 is 0 Å². The van der Waals surface area contributed by atoms with Crippen LogP contribution in [0.4, 0.5) is 0 Å². The van der Waals surface area contributed by atoms with Crippen molar-refractivity contribution in [1.29, 1.82) is 0 Å². The zero-order chi connectivity index (χ0) is 65.2. The molecular formula is C62H87N13O13. The summed E-state index contributed by atoms with van der Waals surface area (Å²) in [6.07, 6.45) is 3.51. The first-order valence-corrected chi connectivity index (χ1v) is 29.7. The number of aromatic nitrogens is 2. The number of hydrogen-bond donors (Lipinski definition) is 14. The number of hydrogen-bond acceptors (Lipinski definition) is 15. The minimum absolute atomic E-state index is 0.0323. The predicted molar refractivity (Wildman–Crippen MR) is 325 cm³/mol. The van der Waals surface area contributed by atoms with E-state index in [1.54, 1.807) is 83.4 Å². The van der Waals surface area contributed by atoms with Gasteiger partial charge in [-0.3, -0.25) is 47.9 Å². The van der Waals surface area contributed by atoms with Crippen molar-refractivity contribution in [1.82, 2.24) is 57.4 Å². The fourth-order valence-corrected chi connectivity index (χ4v) is 10.5. The van der Waals surface area contributed by atoms with Crippen LogP contribution in [0.25, 0.3) is 11.0 Å². The Morgan fingerprint density at radius 1 is 0.761 bits per heavy atom. The lowest BCUT2D eigenvalue weighted by atomic mass is 9.85. The fourth-order valence-electron chi connectivity index (χ4n) is 10.5. The van der Waals surface area contributed by atoms with Gasteiger partial charge in [0, 0.05) is 43.6 Å². The summed E-state index contributed by atoms with van der Waals surface area (Å²) in [5.74, 6) is -8.37. The number of nitrogens with two attached hydrogens (primary N) is 2. The molecule has 2 aromatic heterocycles. The molecule has 26 nitrogen and oxygen atoms in total. The minimum atomic E-state index is -1.82. The molecule has 10 amide bonds. The average molecular weight is 1220 g/mol. The molecule has 88 heavy (non-hydrogen) atoms. The number of pyridine rings is 1. The van der Waals surface area contributed by atoms with Gasteiger partial charge >= 0.3 is 0 Å². The van der Waals surface area contributed by atoms with Gasteiger partial charge < -0.3 is 79.2 Å². The van der Waals surface area contributed by atoms with E-state index < -0.39 is 136 Å². The molecule has 478 valence electrons. The van der Waals surface area contributed by atoms with E-state index in [1.165, 1.54) is 57.7 Å². The molecule has 6 rings (SSSR count). The van der Waals surface area contributed by atoms with Gasteiger partial charge in [-0.05, 0) is 131 Å². The number of likely N-dealkylation sites (tertiary alicyclic amines) is 1. The van der Waals surface area contributed by atoms with E-state index >= 15 is 0 Å². The van der Waals surface area contributed by atoms with Crippen molar-refractivity contribution >= 4 is 70.1 Å². The van der Waals surface area contributed by atoms with E-state index in [-0.39, 0.29) is 43.7 Å². The van der Waals surface area contributed by atoms with Gasteiger partial charge in [0.15, 0.2) is 0 Å². The van der Waals surface area contributed by atoms with Gasteiger partial charge in [0.1, 0.15) is 70.5 Å². The summed E-state index contributed by atoms with van der Waals surface area (Å²) in [6, 6.07) is 3.67. The Labute approximate surface area is 511 Å². The number of amides is 10. The zero-order valence-corrected chi connectivity index (χ0v) is 51.7. The standard InChI is InChI=1S/C62H87N13O13/c1-32(2)62(10,58(64)87)74-53(82)42(28-35-19-22-39(77)23-20-35)68-50(79)33(3)67-59(88)61(8,9)73-52(81)43(30-38-31-66-49-40(38)16-13-25-65-49)69-55(84)47(34(4)76)71-54(83)45-18-14-26-75(45)57(86)44-29-36-21-24-46(78)37(27-36)15-11-12-17-41(63)51(80)72-48(56(85)70-44)60(5,6)7/h13,16,19-25,27,31-34,41-45,47-48,76-78H,11-12,14-15,17-18,26,28-30,63H2,1-10H3,(H2,64,87)(H,65,66)(H,67,88)(H,68,79)(H,69,84)(H,70,85)(H,71,83)(H,72,80)(H,73,81)(H,74,82)/t33-,34+,41-,42-,43-,44-,45-,47-,48+,62?/m0/s1. The lowest BCUT2D eigenvalue weighted by molar-refractivity contribution is -0.143. The number of aromatic hydroxyl groups is 2. The molecule has 4 aromatic rings. The molecule has 1 fully saturated rings. The van der Waals surface area contributed by atoms with Crippen molar-refractivity contribution in [3.63, 3.8) is 0 Å². The van der Waals surface area contributed by atoms with Gasteiger partial charge in [-0.1, -0.05) is 65.3 Å². The highest BCUT2D eigenvalue weighted by molar-refractivity contribution is 6.00. The Hall–Kier alpha value is -8.65. The van der Waals surface area contributed by atoms with Crippen molar-refractivity contribution in [3.8, 4) is 11.5 Å². The first-order chi connectivity index (χ1) is 41.2. The maximum atomic E-state index is 14.9. The van der Waals surface area contributed by atoms with Crippen LogP contribution in [-0.4, -0.2) is 161 Å². The molecule has 16 N–H and O–H groups in total. The van der Waals surface area contributed by atoms with Crippen molar-refractivity contribution in [2.24, 2.45) is 22.8 Å². The molecule has 2 bridgehead atoms. The number of H-pyrrole nitrogens is 1. The molecule has 2 aliphatic heterocycles. The Balaban J connectivity index is 1.20. The number of aliphatic hydroxyl groups is 1. The second-order valence-electron chi connectivity index (χ2n) is 25.2. The number of nitrogens with one attached hydrogen (secondary N) is 9. The lowest BCUT2D eigenvalue weighted by Crippen LogP contribution is -2.64. The summed E-state index contributed by atoms with van der Waals surface area (Å²) in [4.78, 5) is 149. The molecule has 0 aliphatic carbocycles. The lowest BCUT2D eigenvalue weighted by Gasteiger charge is -2.34. The topological polar surface area (TPSA) is 412 Å². The largest absolute Gasteiger partial charge is 0.508 e. The second-order valence-corrected chi connectivity index (χ2v) is 25.2. The zero-order valence-electron chi connectivity index (χ0n) is 51.7. The van der Waals surface area contributed by atoms with Crippen LogP contribution in [0.15, 0.2) is 67.0 Å². The number of aliphatic hydroxyl groups excluding tert-OH is 1. The number of carbonyl (C=O) groups is 10. The van der Waals surface area contributed by atoms with Crippen LogP contribution in [0.1, 0.15) is 124 Å². The molecule has 1 unspecified atom stereocenters. The second kappa shape index (κ2) is 28.9. The maximum Gasteiger partial charge on any atom is 0.246 e. The molecule has 0 saturated carbocycles. The van der Waals surface area contributed by atoms with Crippen LogP contribution in [0.3, 0.4) is 0 Å². The third-order valence-electron chi connectivity index (χ3n) is 16.5. The number of fused-ring (bicyclic) bond motifs is 3. The highest BCUT2D eigenvalue weighted by Crippen LogP contribution is 2.27. The number of nitrogens with zero attached hydrogens (tertiary/aromatic N) is 2. The van der Waals surface area contributed by atoms with Crippen molar-refractivity contribution in [2.45, 2.75) is 193 Å². The SMILES string of the molecule is CC(C)C(C)(NC(=O)[C@H](Cc1ccc(O)cc1)NC(=O)[C@H](C)NC(=O)C(C)(C)NC(=O)[C@H](Cc1c[nH]c2ncccc12)NC(=O)[C@@H](NC(=O)[C@@H]1CCCN1C(=O)[C@@H]1Cc2ccc(O)c(c2)CCCC[C@H](N)C(=O)N[C@@H](C(C)(C)C)C(=O)N1)[C@@H](C)O)C(N)=O. The van der Waals surface area contributed by atoms with Gasteiger partial charge in [-0.2, -0.15) is 0 Å². The molecule has 2 aliphatic rings. The molecule has 26 heteroatoms. The summed E-state index contributed by atoms with van der Waals surface area (Å²) in [5.41, 5.74) is 10.5. The van der Waals surface area contributed by atoms with Crippen molar-refractivity contribution in [2.75, 3.05) is 6.54 Å². The Bertz CT molecular complexity index is 3230. The third kappa shape index (κ3) is 17.3. The first-order valence-electron chi connectivity index (χ1n) is 29.7. The highest BCUT2D eigenvalue weighted by Gasteiger charge is 2.44. The fraction of sp³-hybridized carbons (Fsp3) is 0.532. The smallest absolute Gasteiger partial charge is 0.246 e. The summed E-state index contributed by atoms with van der Waals surface area (Å²) >= 11 is 0. The first kappa shape index (κ1) is 68.5. The van der Waals surface area contributed by atoms with Gasteiger partial charge in [-0.25, -0.2) is 4.98 Å². The van der Waals surface area contributed by atoms with E-state index in [4.69, 9.17) is 11.5 Å². The maximum absolute atomic E-state index is 14.9. The van der Waals surface area contributed by atoms with E-state index in [0.717, 1.165) is 0 Å². The molecular weight excluding hydrogens is 1130 g/mol. The van der Waals surface area contributed by atoms with Crippen LogP contribution < -0.4 is 54.0 Å². The van der Waals surface area contributed by atoms with Gasteiger partial charge in [0.05, 0.1) is 12.1 Å². The Kier molecular flexibility index (Phi) is 22.5. The number of phenols is 2. The average Bonchev–Trinajstić information content (AvgIpc) is 1.91. The molecule has 0 spiro atoms. The number of carbonyl (C=O) groups excluding carboxylic acids is 10. The Morgan fingerprint density at radius 2 is 1.42 bits per heavy atom. The van der Waals surface area contributed by atoms with E-state index in [1.807, 2.05) is 0 Å². The van der Waals surface area contributed by atoms with Crippen molar-refractivity contribution in [3.05, 3.63) is 89.2 Å². The van der Waals surface area contributed by atoms with Crippen LogP contribution in [0.5, 0.6) is 11.5 Å². The number of benzene rings is 2. The summed E-state index contributed by atoms with van der Waals surface area (Å²) < 4.78 is 0. The van der Waals surface area contributed by atoms with E-state index in [2.05, 4.69) is 52.5 Å². The van der Waals surface area contributed by atoms with E-state index in [9.17, 15) is 63.3 Å². The summed E-state index contributed by atoms with van der Waals surface area (Å²) in [7, 11) is 0. The molecule has 0 radical (unpaired) electrons. The van der Waals surface area contributed by atoms with Crippen LogP contribution in [0.2, 0.25) is 0 Å². The summed E-state index contributed by atoms with van der Waals surface area (Å²) in [6.45, 7) is 15.4. The molecule has 4 heterocycles. The number of primary amides is 1. The van der Waals surface area contributed by atoms with Gasteiger partial charge in [-0.15, -0.1) is 0 Å². The normalized spacial score (nSPS) is 20.2. The number of aryl methyl sites for hydroxylation is 1. The third-order valence-corrected chi connectivity index (χ3v) is 16.5. The molecule has 1 saturated heterocycles. The predicted octanol–water partition coefficient (Wildman–Crippen LogP) is 0.313. The molecule has 10 atom stereocenters. The monoisotopic (exact) mass is 1220 g/mol. The van der Waals surface area contributed by atoms with Gasteiger partial charge in [0.25, 0.3) is 0 Å². The quantitative estimate of drug-likeness (QED) is 0.0567. The number of phenolic OH excluding ortho intramolecular Hbond substituents is 2. The minimum Gasteiger partial charge on any atom is -0.508 e. The molecule has 2 aromatic carbocycles. The van der Waals surface area contributed by atoms with E-state index in [0.29, 0.717) is 65.4 Å². The highest BCUT2D eigenvalue weighted by atomic mass is 16.3. The number of rotatable bonds is 20. The van der Waals surface area contributed by atoms with Crippen LogP contribution in [0, 0.1) is 11.3 Å². The Morgan fingerprint density at radius 3 is 2.07 bits per heavy atom. The van der Waals surface area contributed by atoms with Crippen molar-refractivity contribution < 1.29 is 63.3 Å². The van der Waals surface area contributed by atoms with Crippen LogP contribution in [-0.2, 0) is 73.6 Å². The summed E-state index contributed by atoms with van der Waals surface area (Å²) in [5, 5.41) is 53.8. The number of aromatic amines is 1.